The monoisotopic (exact) mass is 377 g/mol. The first kappa shape index (κ1) is 18.9. The first-order valence-electron chi connectivity index (χ1n) is 9.13. The molecule has 0 radical (unpaired) electrons. The van der Waals surface area contributed by atoms with Gasteiger partial charge in [0.15, 0.2) is 0 Å². The number of rotatable bonds is 5. The highest BCUT2D eigenvalue weighted by Gasteiger charge is 2.38. The van der Waals surface area contributed by atoms with Gasteiger partial charge in [0.2, 0.25) is 5.91 Å². The Hall–Kier alpha value is -1.92. The van der Waals surface area contributed by atoms with Gasteiger partial charge in [-0.25, -0.2) is 0 Å². The zero-order valence-corrected chi connectivity index (χ0v) is 15.7. The number of nitro groups is 1. The summed E-state index contributed by atoms with van der Waals surface area (Å²) in [6.45, 7) is 4.45. The highest BCUT2D eigenvalue weighted by atomic mass is 35.5. The Balaban J connectivity index is 1.64. The van der Waals surface area contributed by atoms with Crippen molar-refractivity contribution in [1.82, 2.24) is 9.80 Å². The molecule has 2 bridgehead atoms. The van der Waals surface area contributed by atoms with Crippen molar-refractivity contribution < 1.29 is 9.72 Å². The molecule has 1 aromatic carbocycles. The van der Waals surface area contributed by atoms with Crippen LogP contribution in [0.4, 0.5) is 5.69 Å². The standard InChI is InChI=1S/C19H24ClN3O3/c1-2-19(24)22-16-6-3-7-17(22)13-21(12-16)10-4-5-14-11-15(23(25)26)8-9-18(14)20/h4-5,8-9,11,16-17H,2-3,6-7,10,12-13H2,1H3/b5-4+. The van der Waals surface area contributed by atoms with Gasteiger partial charge in [-0.15, -0.1) is 0 Å². The summed E-state index contributed by atoms with van der Waals surface area (Å²) in [7, 11) is 0. The average Bonchev–Trinajstić information content (AvgIpc) is 2.61. The van der Waals surface area contributed by atoms with Crippen LogP contribution in [0.5, 0.6) is 0 Å². The molecule has 140 valence electrons. The van der Waals surface area contributed by atoms with Gasteiger partial charge in [0.05, 0.1) is 4.92 Å². The van der Waals surface area contributed by atoms with E-state index in [1.54, 1.807) is 6.07 Å². The lowest BCUT2D eigenvalue weighted by Crippen LogP contribution is -2.62. The van der Waals surface area contributed by atoms with Crippen LogP contribution in [0.3, 0.4) is 0 Å². The topological polar surface area (TPSA) is 66.7 Å². The number of amides is 1. The highest BCUT2D eigenvalue weighted by Crippen LogP contribution is 2.29. The third-order valence-electron chi connectivity index (χ3n) is 5.24. The largest absolute Gasteiger partial charge is 0.334 e. The summed E-state index contributed by atoms with van der Waals surface area (Å²) in [6.07, 6.45) is 7.74. The van der Waals surface area contributed by atoms with Crippen molar-refractivity contribution in [3.8, 4) is 0 Å². The van der Waals surface area contributed by atoms with E-state index < -0.39 is 4.92 Å². The van der Waals surface area contributed by atoms with Crippen LogP contribution in [-0.2, 0) is 4.79 Å². The van der Waals surface area contributed by atoms with Crippen LogP contribution in [-0.4, -0.2) is 52.3 Å². The first-order valence-corrected chi connectivity index (χ1v) is 9.51. The molecule has 3 rings (SSSR count). The Morgan fingerprint density at radius 2 is 2.04 bits per heavy atom. The Morgan fingerprint density at radius 1 is 1.35 bits per heavy atom. The molecule has 2 aliphatic heterocycles. The number of hydrogen-bond acceptors (Lipinski definition) is 4. The van der Waals surface area contributed by atoms with Gasteiger partial charge in [0, 0.05) is 55.3 Å². The molecule has 6 nitrogen and oxygen atoms in total. The second kappa shape index (κ2) is 8.18. The van der Waals surface area contributed by atoms with E-state index in [1.807, 2.05) is 19.1 Å². The average molecular weight is 378 g/mol. The van der Waals surface area contributed by atoms with Crippen LogP contribution in [0.15, 0.2) is 24.3 Å². The van der Waals surface area contributed by atoms with Crippen molar-refractivity contribution in [2.24, 2.45) is 0 Å². The van der Waals surface area contributed by atoms with Crippen molar-refractivity contribution in [3.63, 3.8) is 0 Å². The zero-order valence-electron chi connectivity index (χ0n) is 14.9. The molecule has 2 aliphatic rings. The van der Waals surface area contributed by atoms with Crippen LogP contribution in [0, 0.1) is 10.1 Å². The van der Waals surface area contributed by atoms with Crippen LogP contribution in [0.1, 0.15) is 38.2 Å². The minimum Gasteiger partial charge on any atom is -0.334 e. The summed E-state index contributed by atoms with van der Waals surface area (Å²) >= 11 is 6.14. The predicted octanol–water partition coefficient (Wildman–Crippen LogP) is 3.74. The number of non-ortho nitro benzene ring substituents is 1. The van der Waals surface area contributed by atoms with Crippen molar-refractivity contribution in [3.05, 3.63) is 45.0 Å². The summed E-state index contributed by atoms with van der Waals surface area (Å²) in [6, 6.07) is 5.07. The second-order valence-corrected chi connectivity index (χ2v) is 7.38. The number of piperazine rings is 1. The quantitative estimate of drug-likeness (QED) is 0.579. The fourth-order valence-electron chi connectivity index (χ4n) is 4.03. The van der Waals surface area contributed by atoms with Gasteiger partial charge < -0.3 is 4.90 Å². The Kier molecular flexibility index (Phi) is 5.94. The van der Waals surface area contributed by atoms with E-state index in [9.17, 15) is 14.9 Å². The van der Waals surface area contributed by atoms with Crippen LogP contribution in [0.25, 0.3) is 6.08 Å². The van der Waals surface area contributed by atoms with Gasteiger partial charge in [-0.2, -0.15) is 0 Å². The number of piperidine rings is 1. The van der Waals surface area contributed by atoms with Crippen molar-refractivity contribution in [2.75, 3.05) is 19.6 Å². The fraction of sp³-hybridized carbons (Fsp3) is 0.526. The molecular weight excluding hydrogens is 354 g/mol. The number of fused-ring (bicyclic) bond motifs is 2. The van der Waals surface area contributed by atoms with E-state index in [0.717, 1.165) is 32.5 Å². The molecule has 2 heterocycles. The minimum absolute atomic E-state index is 0.0373. The molecule has 0 N–H and O–H groups in total. The SMILES string of the molecule is CCC(=O)N1C2CCCC1CN(C/C=C/c1cc([N+](=O)[O-])ccc1Cl)C2. The van der Waals surface area contributed by atoms with Crippen molar-refractivity contribution >= 4 is 29.3 Å². The second-order valence-electron chi connectivity index (χ2n) is 6.98. The molecule has 0 aliphatic carbocycles. The van der Waals surface area contributed by atoms with Gasteiger partial charge in [0.25, 0.3) is 5.69 Å². The summed E-state index contributed by atoms with van der Waals surface area (Å²) < 4.78 is 0. The predicted molar refractivity (Wildman–Crippen MR) is 102 cm³/mol. The zero-order chi connectivity index (χ0) is 18.7. The van der Waals surface area contributed by atoms with Gasteiger partial charge in [-0.3, -0.25) is 19.8 Å². The Labute approximate surface area is 158 Å². The number of halogens is 1. The molecule has 1 amide bonds. The smallest absolute Gasteiger partial charge is 0.270 e. The van der Waals surface area contributed by atoms with E-state index in [0.29, 0.717) is 29.1 Å². The van der Waals surface area contributed by atoms with Gasteiger partial charge >= 0.3 is 0 Å². The van der Waals surface area contributed by atoms with Gasteiger partial charge in [-0.1, -0.05) is 30.7 Å². The van der Waals surface area contributed by atoms with Gasteiger partial charge in [-0.05, 0) is 30.9 Å². The van der Waals surface area contributed by atoms with E-state index >= 15 is 0 Å². The van der Waals surface area contributed by atoms with Gasteiger partial charge in [0.1, 0.15) is 0 Å². The first-order chi connectivity index (χ1) is 12.5. The third kappa shape index (κ3) is 4.07. The van der Waals surface area contributed by atoms with E-state index in [1.165, 1.54) is 18.6 Å². The third-order valence-corrected chi connectivity index (χ3v) is 5.59. The molecule has 0 spiro atoms. The van der Waals surface area contributed by atoms with E-state index in [-0.39, 0.29) is 11.6 Å². The molecule has 7 heteroatoms. The summed E-state index contributed by atoms with van der Waals surface area (Å²) in [5, 5.41) is 11.4. The molecule has 26 heavy (non-hydrogen) atoms. The summed E-state index contributed by atoms with van der Waals surface area (Å²) in [4.78, 5) is 27.2. The minimum atomic E-state index is -0.418. The molecular formula is C19H24ClN3O3. The number of carbonyl (C=O) groups excluding carboxylic acids is 1. The molecule has 0 saturated carbocycles. The summed E-state index contributed by atoms with van der Waals surface area (Å²) in [5.41, 5.74) is 0.691. The fourth-order valence-corrected chi connectivity index (χ4v) is 4.22. The summed E-state index contributed by atoms with van der Waals surface area (Å²) in [5.74, 6) is 0.262. The van der Waals surface area contributed by atoms with Crippen molar-refractivity contribution in [1.29, 1.82) is 0 Å². The molecule has 1 aromatic rings. The highest BCUT2D eigenvalue weighted by molar-refractivity contribution is 6.32. The molecule has 2 unspecified atom stereocenters. The van der Waals surface area contributed by atoms with E-state index in [4.69, 9.17) is 11.6 Å². The Morgan fingerprint density at radius 3 is 2.65 bits per heavy atom. The number of hydrogen-bond donors (Lipinski definition) is 0. The van der Waals surface area contributed by atoms with Crippen LogP contribution < -0.4 is 0 Å². The Bertz CT molecular complexity index is 708. The maximum Gasteiger partial charge on any atom is 0.270 e. The molecule has 2 fully saturated rings. The van der Waals surface area contributed by atoms with Crippen molar-refractivity contribution in [2.45, 2.75) is 44.7 Å². The maximum atomic E-state index is 12.2. The maximum absolute atomic E-state index is 12.2. The molecule has 2 saturated heterocycles. The van der Waals surface area contributed by atoms with Crippen LogP contribution in [0.2, 0.25) is 5.02 Å². The number of likely N-dealkylation sites (tertiary alicyclic amines) is 1. The van der Waals surface area contributed by atoms with Crippen LogP contribution >= 0.6 is 11.6 Å². The lowest BCUT2D eigenvalue weighted by molar-refractivity contribution is -0.384. The lowest BCUT2D eigenvalue weighted by Gasteiger charge is -2.50. The number of nitrogens with zero attached hydrogens (tertiary/aromatic N) is 3. The lowest BCUT2D eigenvalue weighted by atomic mass is 9.91. The molecule has 0 aromatic heterocycles. The normalized spacial score (nSPS) is 23.4. The van der Waals surface area contributed by atoms with E-state index in [2.05, 4.69) is 9.80 Å². The number of benzene rings is 1. The molecule has 2 atom stereocenters. The number of nitro benzene ring substituents is 1. The number of carbonyl (C=O) groups is 1.